The fraction of sp³-hybridized carbons (Fsp3) is 0.455. The topological polar surface area (TPSA) is 62.5 Å². The van der Waals surface area contributed by atoms with Gasteiger partial charge in [0.05, 0.1) is 6.10 Å². The van der Waals surface area contributed by atoms with Gasteiger partial charge < -0.3 is 14.6 Å². The highest BCUT2D eigenvalue weighted by molar-refractivity contribution is 5.76. The average Bonchev–Trinajstić information content (AvgIpc) is 2.26. The molecular formula is C11H11F3N2O3. The van der Waals surface area contributed by atoms with Crippen LogP contribution in [-0.4, -0.2) is 39.7 Å². The van der Waals surface area contributed by atoms with Crippen LogP contribution in [0.1, 0.15) is 5.56 Å². The average molecular weight is 276 g/mol. The van der Waals surface area contributed by atoms with E-state index in [9.17, 15) is 22.8 Å². The molecule has 1 N–H and O–H groups in total. The summed E-state index contributed by atoms with van der Waals surface area (Å²) in [6.07, 6.45) is -4.20. The van der Waals surface area contributed by atoms with Crippen molar-refractivity contribution >= 4 is 5.91 Å². The molecule has 0 bridgehead atoms. The fourth-order valence-electron chi connectivity index (χ4n) is 1.78. The Kier molecular flexibility index (Phi) is 3.36. The molecule has 5 nitrogen and oxygen atoms in total. The van der Waals surface area contributed by atoms with Crippen molar-refractivity contribution in [2.24, 2.45) is 0 Å². The number of likely N-dealkylation sites (tertiary alicyclic amines) is 1. The van der Waals surface area contributed by atoms with E-state index in [1.165, 1.54) is 4.90 Å². The van der Waals surface area contributed by atoms with Gasteiger partial charge in [-0.05, 0) is 12.1 Å². The van der Waals surface area contributed by atoms with Crippen molar-refractivity contribution in [3.8, 4) is 0 Å². The summed E-state index contributed by atoms with van der Waals surface area (Å²) in [5, 5.41) is 9.03. The zero-order valence-electron chi connectivity index (χ0n) is 9.72. The van der Waals surface area contributed by atoms with E-state index in [0.717, 1.165) is 16.8 Å². The molecule has 1 aliphatic heterocycles. The highest BCUT2D eigenvalue weighted by Gasteiger charge is 2.35. The largest absolute Gasteiger partial charge is 0.421 e. The van der Waals surface area contributed by atoms with Crippen LogP contribution in [0, 0.1) is 0 Å². The monoisotopic (exact) mass is 276 g/mol. The highest BCUT2D eigenvalue weighted by Crippen LogP contribution is 2.25. The second-order valence-corrected chi connectivity index (χ2v) is 4.31. The van der Waals surface area contributed by atoms with Crippen LogP contribution in [0.4, 0.5) is 13.2 Å². The van der Waals surface area contributed by atoms with E-state index in [-0.39, 0.29) is 13.1 Å². The molecule has 19 heavy (non-hydrogen) atoms. The summed E-state index contributed by atoms with van der Waals surface area (Å²) in [5.74, 6) is -0.494. The van der Waals surface area contributed by atoms with Crippen LogP contribution in [0.2, 0.25) is 0 Å². The molecule has 0 radical (unpaired) electrons. The molecule has 0 atom stereocenters. The molecule has 1 aromatic heterocycles. The number of hydrogen-bond acceptors (Lipinski definition) is 3. The minimum atomic E-state index is -4.74. The lowest BCUT2D eigenvalue weighted by atomic mass is 10.1. The predicted molar refractivity (Wildman–Crippen MR) is 58.3 cm³/mol. The Morgan fingerprint density at radius 1 is 1.42 bits per heavy atom. The third-order valence-electron chi connectivity index (χ3n) is 2.85. The van der Waals surface area contributed by atoms with Gasteiger partial charge in [0.15, 0.2) is 0 Å². The number of aromatic nitrogens is 1. The first-order chi connectivity index (χ1) is 8.79. The van der Waals surface area contributed by atoms with Gasteiger partial charge in [-0.2, -0.15) is 13.2 Å². The molecule has 104 valence electrons. The van der Waals surface area contributed by atoms with Gasteiger partial charge in [-0.3, -0.25) is 9.59 Å². The first-order valence-corrected chi connectivity index (χ1v) is 5.51. The summed E-state index contributed by atoms with van der Waals surface area (Å²) in [4.78, 5) is 24.5. The molecule has 1 amide bonds. The molecule has 2 heterocycles. The molecule has 1 saturated heterocycles. The first-order valence-electron chi connectivity index (χ1n) is 5.51. The summed E-state index contributed by atoms with van der Waals surface area (Å²) in [6, 6.07) is 1.75. The maximum absolute atomic E-state index is 12.5. The molecule has 0 spiro atoms. The van der Waals surface area contributed by atoms with Gasteiger partial charge in [-0.1, -0.05) is 0 Å². The zero-order chi connectivity index (χ0) is 14.2. The lowest BCUT2D eigenvalue weighted by molar-refractivity contribution is -0.143. The second kappa shape index (κ2) is 4.69. The molecule has 0 aliphatic carbocycles. The minimum absolute atomic E-state index is 0.145. The fourth-order valence-corrected chi connectivity index (χ4v) is 1.78. The summed E-state index contributed by atoms with van der Waals surface area (Å²) < 4.78 is 38.3. The lowest BCUT2D eigenvalue weighted by Gasteiger charge is -2.35. The van der Waals surface area contributed by atoms with Crippen LogP contribution in [0.3, 0.4) is 0 Å². The van der Waals surface area contributed by atoms with E-state index in [1.807, 2.05) is 0 Å². The number of aliphatic hydroxyl groups is 1. The van der Waals surface area contributed by atoms with Gasteiger partial charge in [-0.25, -0.2) is 0 Å². The number of halogens is 3. The molecule has 2 rings (SSSR count). The number of amides is 1. The lowest BCUT2D eigenvalue weighted by Crippen LogP contribution is -2.54. The van der Waals surface area contributed by atoms with Crippen LogP contribution in [-0.2, 0) is 17.5 Å². The van der Waals surface area contributed by atoms with Crippen molar-refractivity contribution in [3.63, 3.8) is 0 Å². The van der Waals surface area contributed by atoms with E-state index in [2.05, 4.69) is 0 Å². The summed E-state index contributed by atoms with van der Waals surface area (Å²) in [5.41, 5.74) is -2.55. The Labute approximate surface area is 105 Å². The van der Waals surface area contributed by atoms with Crippen LogP contribution in [0.25, 0.3) is 0 Å². The summed E-state index contributed by atoms with van der Waals surface area (Å²) in [6.45, 7) is -0.172. The number of hydrogen-bond donors (Lipinski definition) is 1. The number of aliphatic hydroxyl groups excluding tert-OH is 1. The predicted octanol–water partition coefficient (Wildman–Crippen LogP) is 0.0702. The van der Waals surface area contributed by atoms with E-state index >= 15 is 0 Å². The van der Waals surface area contributed by atoms with E-state index in [1.54, 1.807) is 0 Å². The van der Waals surface area contributed by atoms with Crippen LogP contribution in [0.5, 0.6) is 0 Å². The van der Waals surface area contributed by atoms with Crippen LogP contribution < -0.4 is 5.56 Å². The number of nitrogens with zero attached hydrogens (tertiary/aromatic N) is 2. The van der Waals surface area contributed by atoms with Gasteiger partial charge >= 0.3 is 6.18 Å². The minimum Gasteiger partial charge on any atom is -0.389 e. The SMILES string of the molecule is O=C(Cn1cccc(C(F)(F)F)c1=O)N1CC(O)C1. The van der Waals surface area contributed by atoms with Crippen molar-refractivity contribution in [2.75, 3.05) is 13.1 Å². The Balaban J connectivity index is 2.18. The number of pyridine rings is 1. The number of carbonyl (C=O) groups is 1. The Bertz CT molecular complexity index is 547. The summed E-state index contributed by atoms with van der Waals surface area (Å²) in [7, 11) is 0. The zero-order valence-corrected chi connectivity index (χ0v) is 9.72. The number of alkyl halides is 3. The molecule has 1 fully saturated rings. The molecular weight excluding hydrogens is 265 g/mol. The van der Waals surface area contributed by atoms with Gasteiger partial charge in [0, 0.05) is 19.3 Å². The number of carbonyl (C=O) groups excluding carboxylic acids is 1. The van der Waals surface area contributed by atoms with Crippen molar-refractivity contribution in [1.29, 1.82) is 0 Å². The maximum atomic E-state index is 12.5. The van der Waals surface area contributed by atoms with E-state index in [4.69, 9.17) is 5.11 Å². The van der Waals surface area contributed by atoms with Gasteiger partial charge in [0.2, 0.25) is 5.91 Å². The maximum Gasteiger partial charge on any atom is 0.421 e. The molecule has 1 aromatic rings. The van der Waals surface area contributed by atoms with Crippen LogP contribution >= 0.6 is 0 Å². The normalized spacial score (nSPS) is 16.3. The molecule has 8 heteroatoms. The second-order valence-electron chi connectivity index (χ2n) is 4.31. The van der Waals surface area contributed by atoms with Crippen molar-refractivity contribution in [1.82, 2.24) is 9.47 Å². The third-order valence-corrected chi connectivity index (χ3v) is 2.85. The highest BCUT2D eigenvalue weighted by atomic mass is 19.4. The molecule has 0 aromatic carbocycles. The van der Waals surface area contributed by atoms with Gasteiger partial charge in [0.1, 0.15) is 12.1 Å². The third kappa shape index (κ3) is 2.78. The van der Waals surface area contributed by atoms with Crippen molar-refractivity contribution in [3.05, 3.63) is 34.2 Å². The van der Waals surface area contributed by atoms with Gasteiger partial charge in [0.25, 0.3) is 5.56 Å². The number of rotatable bonds is 2. The van der Waals surface area contributed by atoms with Crippen molar-refractivity contribution in [2.45, 2.75) is 18.8 Å². The smallest absolute Gasteiger partial charge is 0.389 e. The molecule has 0 saturated carbocycles. The van der Waals surface area contributed by atoms with Gasteiger partial charge in [-0.15, -0.1) is 0 Å². The number of β-amino-alcohol motifs (C(OH)–C–C–N with tert-alkyl or cyclic N) is 1. The Morgan fingerprint density at radius 3 is 2.58 bits per heavy atom. The van der Waals surface area contributed by atoms with E-state index < -0.39 is 35.9 Å². The van der Waals surface area contributed by atoms with Crippen LogP contribution in [0.15, 0.2) is 23.1 Å². The Hall–Kier alpha value is -1.83. The molecule has 0 unspecified atom stereocenters. The standard InChI is InChI=1S/C11H11F3N2O3/c12-11(13,14)8-2-1-3-15(10(8)19)6-9(18)16-4-7(17)5-16/h1-3,7,17H,4-6H2. The quantitative estimate of drug-likeness (QED) is 0.831. The first kappa shape index (κ1) is 13.6. The van der Waals surface area contributed by atoms with Crippen molar-refractivity contribution < 1.29 is 23.1 Å². The Morgan fingerprint density at radius 2 is 2.05 bits per heavy atom. The van der Waals surface area contributed by atoms with E-state index in [0.29, 0.717) is 6.07 Å². The summed E-state index contributed by atoms with van der Waals surface area (Å²) >= 11 is 0. The molecule has 1 aliphatic rings.